The molecule has 82 valence electrons. The minimum Gasteiger partial charge on any atom is -0.323 e. The molecule has 1 aromatic heterocycles. The Balaban J connectivity index is 2.43. The third kappa shape index (κ3) is 3.89. The monoisotopic (exact) mass is 246 g/mol. The number of hydrogen-bond acceptors (Lipinski definition) is 3. The minimum absolute atomic E-state index is 0.210. The van der Waals surface area contributed by atoms with Gasteiger partial charge in [0.2, 0.25) is 5.91 Å². The van der Waals surface area contributed by atoms with Gasteiger partial charge in [0.15, 0.2) is 0 Å². The molecule has 1 N–H and O–H groups in total. The Morgan fingerprint density at radius 3 is 2.87 bits per heavy atom. The Morgan fingerprint density at radius 2 is 2.33 bits per heavy atom. The van der Waals surface area contributed by atoms with Crippen molar-refractivity contribution in [3.05, 3.63) is 22.4 Å². The number of carbonyl (C=O) groups excluding carboxylic acids is 2. The van der Waals surface area contributed by atoms with Crippen molar-refractivity contribution in [2.24, 2.45) is 0 Å². The van der Waals surface area contributed by atoms with E-state index in [0.717, 1.165) is 5.56 Å². The molecule has 1 aromatic rings. The lowest BCUT2D eigenvalue weighted by atomic mass is 10.3. The van der Waals surface area contributed by atoms with Gasteiger partial charge in [-0.15, -0.1) is 11.6 Å². The highest BCUT2D eigenvalue weighted by atomic mass is 35.5. The average Bonchev–Trinajstić information content (AvgIpc) is 2.70. The Hall–Kier alpha value is -1.07. The quantitative estimate of drug-likeness (QED) is 0.825. The zero-order valence-corrected chi connectivity index (χ0v) is 9.77. The molecule has 0 aliphatic carbocycles. The third-order valence-corrected chi connectivity index (χ3v) is 2.69. The maximum Gasteiger partial charge on any atom is 0.324 e. The number of hydrogen-bond donors (Lipinski definition) is 1. The Morgan fingerprint density at radius 1 is 1.60 bits per heavy atom. The second kappa shape index (κ2) is 5.72. The molecule has 0 aliphatic rings. The van der Waals surface area contributed by atoms with Crippen LogP contribution in [0, 0.1) is 0 Å². The number of thiophene rings is 1. The van der Waals surface area contributed by atoms with Gasteiger partial charge in [0, 0.05) is 13.6 Å². The van der Waals surface area contributed by atoms with Crippen LogP contribution < -0.4 is 5.32 Å². The summed E-state index contributed by atoms with van der Waals surface area (Å²) in [5, 5.41) is 6.05. The van der Waals surface area contributed by atoms with Crippen molar-refractivity contribution in [1.29, 1.82) is 0 Å². The molecule has 0 saturated carbocycles. The van der Waals surface area contributed by atoms with E-state index in [1.807, 2.05) is 16.8 Å². The first-order valence-electron chi connectivity index (χ1n) is 4.25. The van der Waals surface area contributed by atoms with Gasteiger partial charge in [-0.05, 0) is 22.4 Å². The molecule has 0 spiro atoms. The Labute approximate surface area is 96.8 Å². The first kappa shape index (κ1) is 12.0. The van der Waals surface area contributed by atoms with Crippen LogP contribution in [0.3, 0.4) is 0 Å². The number of amides is 3. The largest absolute Gasteiger partial charge is 0.324 e. The van der Waals surface area contributed by atoms with Crippen LogP contribution in [0.1, 0.15) is 5.56 Å². The predicted octanol–water partition coefficient (Wildman–Crippen LogP) is 1.65. The molecule has 4 nitrogen and oxygen atoms in total. The van der Waals surface area contributed by atoms with Gasteiger partial charge < -0.3 is 4.90 Å². The smallest absolute Gasteiger partial charge is 0.323 e. The summed E-state index contributed by atoms with van der Waals surface area (Å²) in [6.45, 7) is 0.477. The van der Waals surface area contributed by atoms with E-state index < -0.39 is 11.9 Å². The number of rotatable bonds is 3. The molecule has 0 fully saturated rings. The fourth-order valence-corrected chi connectivity index (χ4v) is 1.70. The van der Waals surface area contributed by atoms with E-state index in [1.54, 1.807) is 18.4 Å². The molecule has 0 bridgehead atoms. The number of urea groups is 1. The van der Waals surface area contributed by atoms with Crippen LogP contribution in [0.4, 0.5) is 4.79 Å². The summed E-state index contributed by atoms with van der Waals surface area (Å²) in [6.07, 6.45) is 0. The molecule has 6 heteroatoms. The van der Waals surface area contributed by atoms with E-state index >= 15 is 0 Å². The number of halogens is 1. The lowest BCUT2D eigenvalue weighted by Crippen LogP contribution is -2.40. The maximum absolute atomic E-state index is 11.4. The summed E-state index contributed by atoms with van der Waals surface area (Å²) >= 11 is 6.83. The lowest BCUT2D eigenvalue weighted by molar-refractivity contribution is -0.117. The second-order valence-electron chi connectivity index (χ2n) is 2.97. The number of nitrogens with zero attached hydrogens (tertiary/aromatic N) is 1. The molecule has 1 rings (SSSR count). The van der Waals surface area contributed by atoms with Crippen LogP contribution in [0.5, 0.6) is 0 Å². The summed E-state index contributed by atoms with van der Waals surface area (Å²) in [7, 11) is 1.62. The normalized spacial score (nSPS) is 9.73. The van der Waals surface area contributed by atoms with Gasteiger partial charge >= 0.3 is 6.03 Å². The zero-order valence-electron chi connectivity index (χ0n) is 8.20. The number of imide groups is 1. The second-order valence-corrected chi connectivity index (χ2v) is 4.02. The zero-order chi connectivity index (χ0) is 11.3. The van der Waals surface area contributed by atoms with Crippen molar-refractivity contribution >= 4 is 34.9 Å². The molecule has 0 unspecified atom stereocenters. The molecule has 15 heavy (non-hydrogen) atoms. The van der Waals surface area contributed by atoms with Crippen LogP contribution in [-0.2, 0) is 11.3 Å². The van der Waals surface area contributed by atoms with E-state index in [1.165, 1.54) is 4.90 Å². The van der Waals surface area contributed by atoms with Crippen molar-refractivity contribution < 1.29 is 9.59 Å². The van der Waals surface area contributed by atoms with E-state index in [4.69, 9.17) is 11.6 Å². The van der Waals surface area contributed by atoms with Crippen LogP contribution in [0.2, 0.25) is 0 Å². The van der Waals surface area contributed by atoms with Crippen LogP contribution in [-0.4, -0.2) is 29.8 Å². The Kier molecular flexibility index (Phi) is 4.58. The average molecular weight is 247 g/mol. The fraction of sp³-hybridized carbons (Fsp3) is 0.333. The third-order valence-electron chi connectivity index (χ3n) is 1.71. The van der Waals surface area contributed by atoms with Crippen LogP contribution in [0.15, 0.2) is 16.8 Å². The summed E-state index contributed by atoms with van der Waals surface area (Å²) in [4.78, 5) is 23.6. The maximum atomic E-state index is 11.4. The Bertz CT molecular complexity index is 340. The molecule has 0 radical (unpaired) electrons. The van der Waals surface area contributed by atoms with E-state index in [2.05, 4.69) is 5.32 Å². The lowest BCUT2D eigenvalue weighted by Gasteiger charge is -2.15. The fourth-order valence-electron chi connectivity index (χ4n) is 0.976. The van der Waals surface area contributed by atoms with E-state index in [9.17, 15) is 9.59 Å². The van der Waals surface area contributed by atoms with Crippen molar-refractivity contribution in [2.45, 2.75) is 6.54 Å². The van der Waals surface area contributed by atoms with Crippen molar-refractivity contribution in [3.63, 3.8) is 0 Å². The summed E-state index contributed by atoms with van der Waals surface area (Å²) in [5.41, 5.74) is 1.04. The molecule has 0 aromatic carbocycles. The van der Waals surface area contributed by atoms with Gasteiger partial charge in [0.25, 0.3) is 0 Å². The molecule has 0 aliphatic heterocycles. The molecule has 1 heterocycles. The van der Waals surface area contributed by atoms with E-state index in [0.29, 0.717) is 6.54 Å². The number of alkyl halides is 1. The molecule has 0 saturated heterocycles. The molecule has 3 amide bonds. The van der Waals surface area contributed by atoms with Crippen LogP contribution in [0.25, 0.3) is 0 Å². The number of carbonyl (C=O) groups is 2. The standard InChI is InChI=1S/C9H11ClN2O2S/c1-12(5-7-2-3-15-6-7)9(14)11-8(13)4-10/h2-3,6H,4-5H2,1H3,(H,11,13,14). The topological polar surface area (TPSA) is 49.4 Å². The van der Waals surface area contributed by atoms with Crippen LogP contribution >= 0.6 is 22.9 Å². The highest BCUT2D eigenvalue weighted by molar-refractivity contribution is 7.07. The minimum atomic E-state index is -0.487. The first-order valence-corrected chi connectivity index (χ1v) is 5.73. The molecule has 0 atom stereocenters. The van der Waals surface area contributed by atoms with Gasteiger partial charge in [0.05, 0.1) is 0 Å². The SMILES string of the molecule is CN(Cc1ccsc1)C(=O)NC(=O)CCl. The predicted molar refractivity (Wildman–Crippen MR) is 60.0 cm³/mol. The number of nitrogens with one attached hydrogen (secondary N) is 1. The molecular formula is C9H11ClN2O2S. The highest BCUT2D eigenvalue weighted by Gasteiger charge is 2.11. The first-order chi connectivity index (χ1) is 7.13. The molecular weight excluding hydrogens is 236 g/mol. The van der Waals surface area contributed by atoms with Crippen molar-refractivity contribution in [3.8, 4) is 0 Å². The summed E-state index contributed by atoms with van der Waals surface area (Å²) in [5.74, 6) is -0.697. The van der Waals surface area contributed by atoms with Gasteiger partial charge in [-0.2, -0.15) is 11.3 Å². The van der Waals surface area contributed by atoms with Gasteiger partial charge in [0.1, 0.15) is 5.88 Å². The van der Waals surface area contributed by atoms with Gasteiger partial charge in [-0.1, -0.05) is 0 Å². The van der Waals surface area contributed by atoms with Crippen molar-refractivity contribution in [2.75, 3.05) is 12.9 Å². The summed E-state index contributed by atoms with van der Waals surface area (Å²) < 4.78 is 0. The van der Waals surface area contributed by atoms with Crippen molar-refractivity contribution in [1.82, 2.24) is 10.2 Å². The highest BCUT2D eigenvalue weighted by Crippen LogP contribution is 2.08. The van der Waals surface area contributed by atoms with E-state index in [-0.39, 0.29) is 5.88 Å². The van der Waals surface area contributed by atoms with Gasteiger partial charge in [-0.3, -0.25) is 10.1 Å². The van der Waals surface area contributed by atoms with Gasteiger partial charge in [-0.25, -0.2) is 4.79 Å². The summed E-state index contributed by atoms with van der Waals surface area (Å²) in [6, 6.07) is 1.49.